The van der Waals surface area contributed by atoms with Gasteiger partial charge in [0.05, 0.1) is 0 Å². The Hall–Kier alpha value is -0.340. The number of nitrogens with one attached hydrogen (secondary N) is 1. The number of benzene rings is 1. The van der Waals surface area contributed by atoms with Crippen LogP contribution in [0.3, 0.4) is 0 Å². The molecule has 1 aromatic rings. The fourth-order valence-electron chi connectivity index (χ4n) is 1.83. The van der Waals surface area contributed by atoms with Gasteiger partial charge in [0.2, 0.25) is 0 Å². The van der Waals surface area contributed by atoms with E-state index in [0.717, 1.165) is 0 Å². The maximum atomic E-state index is 3.66. The molecule has 0 fully saturated rings. The van der Waals surface area contributed by atoms with E-state index in [-0.39, 0.29) is 0 Å². The summed E-state index contributed by atoms with van der Waals surface area (Å²) >= 11 is 3.60. The molecule has 0 heterocycles. The maximum Gasteiger partial charge on any atom is 0.0305 e. The molecule has 2 unspecified atom stereocenters. The zero-order valence-corrected chi connectivity index (χ0v) is 12.2. The van der Waals surface area contributed by atoms with Gasteiger partial charge >= 0.3 is 0 Å². The van der Waals surface area contributed by atoms with Gasteiger partial charge in [-0.05, 0) is 31.4 Å². The average Bonchev–Trinajstić information content (AvgIpc) is 2.28. The third-order valence-corrected chi connectivity index (χ3v) is 4.10. The predicted octanol–water partition coefficient (Wildman–Crippen LogP) is 4.53. The number of rotatable bonds is 5. The molecule has 0 amide bonds. The van der Waals surface area contributed by atoms with Gasteiger partial charge in [-0.25, -0.2) is 0 Å². The van der Waals surface area contributed by atoms with E-state index >= 15 is 0 Å². The summed E-state index contributed by atoms with van der Waals surface area (Å²) in [6.45, 7) is 9.02. The quantitative estimate of drug-likeness (QED) is 0.837. The van der Waals surface area contributed by atoms with E-state index in [4.69, 9.17) is 0 Å². The minimum absolute atomic E-state index is 0.388. The SMILES string of the molecule is CCC(C)C(C)N[C@@H](C)c1ccccc1Br. The van der Waals surface area contributed by atoms with Gasteiger partial charge in [-0.3, -0.25) is 0 Å². The number of hydrogen-bond donors (Lipinski definition) is 1. The van der Waals surface area contributed by atoms with E-state index in [2.05, 4.69) is 73.2 Å². The highest BCUT2D eigenvalue weighted by Gasteiger charge is 2.15. The Bertz CT molecular complexity index is 324. The maximum absolute atomic E-state index is 3.66. The normalized spacial score (nSPS) is 16.8. The molecule has 0 radical (unpaired) electrons. The van der Waals surface area contributed by atoms with Crippen molar-refractivity contribution in [3.05, 3.63) is 34.3 Å². The van der Waals surface area contributed by atoms with E-state index in [1.54, 1.807) is 0 Å². The summed E-state index contributed by atoms with van der Waals surface area (Å²) in [5, 5.41) is 3.66. The molecule has 90 valence electrons. The van der Waals surface area contributed by atoms with Gasteiger partial charge in [-0.2, -0.15) is 0 Å². The summed E-state index contributed by atoms with van der Waals surface area (Å²) < 4.78 is 1.19. The van der Waals surface area contributed by atoms with Gasteiger partial charge in [0, 0.05) is 16.6 Å². The Kier molecular flexibility index (Phi) is 5.50. The van der Waals surface area contributed by atoms with Crippen LogP contribution in [0, 0.1) is 5.92 Å². The van der Waals surface area contributed by atoms with Crippen molar-refractivity contribution in [2.75, 3.05) is 0 Å². The summed E-state index contributed by atoms with van der Waals surface area (Å²) in [5.41, 5.74) is 1.33. The second-order valence-corrected chi connectivity index (χ2v) is 5.44. The average molecular weight is 284 g/mol. The van der Waals surface area contributed by atoms with Crippen molar-refractivity contribution >= 4 is 15.9 Å². The van der Waals surface area contributed by atoms with Crippen LogP contribution in [-0.2, 0) is 0 Å². The predicted molar refractivity (Wildman–Crippen MR) is 74.6 cm³/mol. The van der Waals surface area contributed by atoms with Crippen molar-refractivity contribution in [2.45, 2.75) is 46.2 Å². The molecule has 1 rings (SSSR count). The lowest BCUT2D eigenvalue weighted by molar-refractivity contribution is 0.360. The third kappa shape index (κ3) is 3.60. The molecule has 0 bridgehead atoms. The molecular formula is C14H22BrN. The fraction of sp³-hybridized carbons (Fsp3) is 0.571. The first kappa shape index (κ1) is 13.7. The van der Waals surface area contributed by atoms with Crippen LogP contribution in [0.15, 0.2) is 28.7 Å². The Labute approximate surface area is 108 Å². The molecule has 0 aliphatic heterocycles. The third-order valence-electron chi connectivity index (χ3n) is 3.38. The van der Waals surface area contributed by atoms with Crippen molar-refractivity contribution in [3.8, 4) is 0 Å². The number of halogens is 1. The highest BCUT2D eigenvalue weighted by molar-refractivity contribution is 9.10. The molecule has 0 aliphatic rings. The van der Waals surface area contributed by atoms with Crippen LogP contribution >= 0.6 is 15.9 Å². The van der Waals surface area contributed by atoms with Crippen LogP contribution < -0.4 is 5.32 Å². The van der Waals surface area contributed by atoms with Crippen LogP contribution in [0.1, 0.15) is 45.7 Å². The molecule has 2 heteroatoms. The topological polar surface area (TPSA) is 12.0 Å². The largest absolute Gasteiger partial charge is 0.307 e. The standard InChI is InChI=1S/C14H22BrN/c1-5-10(2)11(3)16-12(4)13-8-6-7-9-14(13)15/h6-12,16H,5H2,1-4H3/t10?,11?,12-/m0/s1. The molecule has 0 aromatic heterocycles. The Morgan fingerprint density at radius 3 is 2.38 bits per heavy atom. The lowest BCUT2D eigenvalue weighted by Crippen LogP contribution is -2.34. The molecule has 0 aliphatic carbocycles. The molecule has 3 atom stereocenters. The molecular weight excluding hydrogens is 262 g/mol. The van der Waals surface area contributed by atoms with Gasteiger partial charge in [0.25, 0.3) is 0 Å². The fourth-order valence-corrected chi connectivity index (χ4v) is 2.46. The van der Waals surface area contributed by atoms with Gasteiger partial charge in [-0.15, -0.1) is 0 Å². The summed E-state index contributed by atoms with van der Waals surface area (Å²) in [7, 11) is 0. The first-order chi connectivity index (χ1) is 7.56. The Balaban J connectivity index is 2.65. The first-order valence-electron chi connectivity index (χ1n) is 6.06. The zero-order valence-electron chi connectivity index (χ0n) is 10.6. The molecule has 1 aromatic carbocycles. The van der Waals surface area contributed by atoms with Crippen molar-refractivity contribution in [2.24, 2.45) is 5.92 Å². The smallest absolute Gasteiger partial charge is 0.0305 e. The van der Waals surface area contributed by atoms with Crippen molar-refractivity contribution < 1.29 is 0 Å². The molecule has 0 saturated carbocycles. The van der Waals surface area contributed by atoms with Gasteiger partial charge in [0.15, 0.2) is 0 Å². The molecule has 0 spiro atoms. The van der Waals surface area contributed by atoms with E-state index in [1.807, 2.05) is 0 Å². The molecule has 16 heavy (non-hydrogen) atoms. The molecule has 1 nitrogen and oxygen atoms in total. The first-order valence-corrected chi connectivity index (χ1v) is 6.86. The number of hydrogen-bond acceptors (Lipinski definition) is 1. The van der Waals surface area contributed by atoms with Crippen LogP contribution in [0.25, 0.3) is 0 Å². The minimum Gasteiger partial charge on any atom is -0.307 e. The minimum atomic E-state index is 0.388. The Morgan fingerprint density at radius 2 is 1.81 bits per heavy atom. The Morgan fingerprint density at radius 1 is 1.19 bits per heavy atom. The van der Waals surface area contributed by atoms with Crippen LogP contribution in [0.5, 0.6) is 0 Å². The molecule has 0 saturated heterocycles. The zero-order chi connectivity index (χ0) is 12.1. The van der Waals surface area contributed by atoms with Crippen molar-refractivity contribution in [1.82, 2.24) is 5.32 Å². The van der Waals surface area contributed by atoms with Gasteiger partial charge < -0.3 is 5.32 Å². The lowest BCUT2D eigenvalue weighted by Gasteiger charge is -2.25. The molecule has 1 N–H and O–H groups in total. The van der Waals surface area contributed by atoms with Gasteiger partial charge in [-0.1, -0.05) is 54.4 Å². The summed E-state index contributed by atoms with van der Waals surface area (Å²) in [5.74, 6) is 0.713. The van der Waals surface area contributed by atoms with E-state index < -0.39 is 0 Å². The highest BCUT2D eigenvalue weighted by Crippen LogP contribution is 2.24. The van der Waals surface area contributed by atoms with Gasteiger partial charge in [0.1, 0.15) is 0 Å². The second-order valence-electron chi connectivity index (χ2n) is 4.58. The van der Waals surface area contributed by atoms with E-state index in [0.29, 0.717) is 18.0 Å². The monoisotopic (exact) mass is 283 g/mol. The summed E-state index contributed by atoms with van der Waals surface area (Å²) in [4.78, 5) is 0. The summed E-state index contributed by atoms with van der Waals surface area (Å²) in [6, 6.07) is 9.35. The van der Waals surface area contributed by atoms with Crippen LogP contribution in [0.4, 0.5) is 0 Å². The second kappa shape index (κ2) is 6.41. The van der Waals surface area contributed by atoms with E-state index in [1.165, 1.54) is 16.5 Å². The van der Waals surface area contributed by atoms with Crippen molar-refractivity contribution in [3.63, 3.8) is 0 Å². The summed E-state index contributed by atoms with van der Waals surface area (Å²) in [6.07, 6.45) is 1.22. The van der Waals surface area contributed by atoms with Crippen LogP contribution in [-0.4, -0.2) is 6.04 Å². The highest BCUT2D eigenvalue weighted by atomic mass is 79.9. The van der Waals surface area contributed by atoms with Crippen molar-refractivity contribution in [1.29, 1.82) is 0 Å². The van der Waals surface area contributed by atoms with Crippen LogP contribution in [0.2, 0.25) is 0 Å². The van der Waals surface area contributed by atoms with E-state index in [9.17, 15) is 0 Å². The lowest BCUT2D eigenvalue weighted by atomic mass is 9.99.